The maximum atomic E-state index is 11.7. The molecular weight excluding hydrogens is 260 g/mol. The molecule has 0 radical (unpaired) electrons. The van der Waals surface area contributed by atoms with Gasteiger partial charge in [0, 0.05) is 4.90 Å². The van der Waals surface area contributed by atoms with Crippen molar-refractivity contribution in [2.45, 2.75) is 4.90 Å². The van der Waals surface area contributed by atoms with Crippen molar-refractivity contribution in [2.75, 3.05) is 5.75 Å². The number of aromatic carboxylic acids is 1. The van der Waals surface area contributed by atoms with Crippen LogP contribution < -0.4 is 11.1 Å². The van der Waals surface area contributed by atoms with E-state index in [0.717, 1.165) is 0 Å². The van der Waals surface area contributed by atoms with Crippen LogP contribution in [-0.2, 0) is 15.6 Å². The zero-order valence-electron chi connectivity index (χ0n) is 9.08. The Morgan fingerprint density at radius 2 is 2.00 bits per heavy atom. The largest absolute Gasteiger partial charge is 0.478 e. The van der Waals surface area contributed by atoms with Gasteiger partial charge in [0.05, 0.1) is 16.4 Å². The SMILES string of the molecule is NC(=O)NC(=O)CS(=O)c1cccc(C(=O)O)c1. The molecular formula is C10H10N2O5S. The normalized spacial score (nSPS) is 11.6. The number of amides is 3. The maximum Gasteiger partial charge on any atom is 0.335 e. The molecule has 0 aliphatic rings. The molecule has 0 aliphatic carbocycles. The van der Waals surface area contributed by atoms with Crippen molar-refractivity contribution in [3.63, 3.8) is 0 Å². The molecule has 1 aromatic carbocycles. The van der Waals surface area contributed by atoms with Crippen LogP contribution in [0.5, 0.6) is 0 Å². The number of hydrogen-bond acceptors (Lipinski definition) is 4. The van der Waals surface area contributed by atoms with Crippen molar-refractivity contribution in [3.8, 4) is 0 Å². The molecule has 0 saturated carbocycles. The number of carboxylic acids is 1. The summed E-state index contributed by atoms with van der Waals surface area (Å²) in [7, 11) is -1.74. The first-order valence-corrected chi connectivity index (χ1v) is 6.03. The van der Waals surface area contributed by atoms with E-state index >= 15 is 0 Å². The molecule has 8 heteroatoms. The number of carbonyl (C=O) groups excluding carboxylic acids is 2. The zero-order chi connectivity index (χ0) is 13.7. The van der Waals surface area contributed by atoms with E-state index in [1.54, 1.807) is 5.32 Å². The minimum atomic E-state index is -1.74. The lowest BCUT2D eigenvalue weighted by molar-refractivity contribution is -0.117. The highest BCUT2D eigenvalue weighted by molar-refractivity contribution is 7.85. The summed E-state index contributed by atoms with van der Waals surface area (Å²) in [5.74, 6) is -2.41. The Morgan fingerprint density at radius 1 is 1.33 bits per heavy atom. The van der Waals surface area contributed by atoms with Crippen LogP contribution in [0.1, 0.15) is 10.4 Å². The summed E-state index contributed by atoms with van der Waals surface area (Å²) in [6, 6.07) is 4.36. The van der Waals surface area contributed by atoms with E-state index in [1.165, 1.54) is 24.3 Å². The van der Waals surface area contributed by atoms with E-state index in [1.807, 2.05) is 0 Å². The molecule has 96 valence electrons. The molecule has 0 bridgehead atoms. The molecule has 0 aliphatic heterocycles. The van der Waals surface area contributed by atoms with Gasteiger partial charge < -0.3 is 10.8 Å². The van der Waals surface area contributed by atoms with Crippen molar-refractivity contribution in [1.29, 1.82) is 0 Å². The molecule has 18 heavy (non-hydrogen) atoms. The van der Waals surface area contributed by atoms with Gasteiger partial charge in [0.15, 0.2) is 0 Å². The smallest absolute Gasteiger partial charge is 0.335 e. The quantitative estimate of drug-likeness (QED) is 0.691. The van der Waals surface area contributed by atoms with Gasteiger partial charge in [-0.15, -0.1) is 0 Å². The van der Waals surface area contributed by atoms with E-state index in [9.17, 15) is 18.6 Å². The Morgan fingerprint density at radius 3 is 2.56 bits per heavy atom. The van der Waals surface area contributed by atoms with Crippen LogP contribution >= 0.6 is 0 Å². The summed E-state index contributed by atoms with van der Waals surface area (Å²) in [6.07, 6.45) is 0. The molecule has 1 aromatic rings. The van der Waals surface area contributed by atoms with Gasteiger partial charge in [-0.2, -0.15) is 0 Å². The van der Waals surface area contributed by atoms with E-state index in [0.29, 0.717) is 0 Å². The molecule has 1 rings (SSSR count). The highest BCUT2D eigenvalue weighted by Crippen LogP contribution is 2.10. The van der Waals surface area contributed by atoms with Crippen molar-refractivity contribution < 1.29 is 23.7 Å². The summed E-state index contributed by atoms with van der Waals surface area (Å²) in [5, 5.41) is 10.5. The third kappa shape index (κ3) is 3.98. The number of urea groups is 1. The van der Waals surface area contributed by atoms with Crippen LogP contribution in [0.4, 0.5) is 4.79 Å². The van der Waals surface area contributed by atoms with Gasteiger partial charge in [-0.25, -0.2) is 9.59 Å². The number of primary amides is 1. The number of nitrogens with two attached hydrogens (primary N) is 1. The summed E-state index contributed by atoms with van der Waals surface area (Å²) in [4.78, 5) is 32.4. The second kappa shape index (κ2) is 5.92. The highest BCUT2D eigenvalue weighted by atomic mass is 32.2. The maximum absolute atomic E-state index is 11.7. The predicted octanol–water partition coefficient (Wildman–Crippen LogP) is -0.313. The number of benzene rings is 1. The number of hydrogen-bond donors (Lipinski definition) is 3. The number of carbonyl (C=O) groups is 3. The summed E-state index contributed by atoms with van der Waals surface area (Å²) in [5.41, 5.74) is 4.69. The second-order valence-electron chi connectivity index (χ2n) is 3.24. The standard InChI is InChI=1S/C10H10N2O5S/c11-10(16)12-8(13)5-18(17)7-3-1-2-6(4-7)9(14)15/h1-4H,5H2,(H,14,15)(H3,11,12,13,16). The number of rotatable bonds is 4. The third-order valence-electron chi connectivity index (χ3n) is 1.87. The Hall–Kier alpha value is -2.22. The molecule has 0 spiro atoms. The van der Waals surface area contributed by atoms with E-state index in [4.69, 9.17) is 10.8 Å². The summed E-state index contributed by atoms with van der Waals surface area (Å²) in [6.45, 7) is 0. The van der Waals surface area contributed by atoms with Crippen molar-refractivity contribution >= 4 is 28.7 Å². The second-order valence-corrected chi connectivity index (χ2v) is 4.69. The lowest BCUT2D eigenvalue weighted by Gasteiger charge is -2.03. The molecule has 1 unspecified atom stereocenters. The first kappa shape index (κ1) is 13.8. The Kier molecular flexibility index (Phi) is 4.55. The van der Waals surface area contributed by atoms with Gasteiger partial charge in [-0.1, -0.05) is 6.07 Å². The molecule has 4 N–H and O–H groups in total. The number of nitrogens with one attached hydrogen (secondary N) is 1. The van der Waals surface area contributed by atoms with Gasteiger partial charge in [-0.3, -0.25) is 14.3 Å². The van der Waals surface area contributed by atoms with Crippen molar-refractivity contribution in [1.82, 2.24) is 5.32 Å². The van der Waals surface area contributed by atoms with Crippen LogP contribution in [0, 0.1) is 0 Å². The van der Waals surface area contributed by atoms with Crippen molar-refractivity contribution in [3.05, 3.63) is 29.8 Å². The van der Waals surface area contributed by atoms with Crippen LogP contribution in [0.3, 0.4) is 0 Å². The third-order valence-corrected chi connectivity index (χ3v) is 3.17. The van der Waals surface area contributed by atoms with Gasteiger partial charge in [0.1, 0.15) is 5.75 Å². The number of carboxylic acid groups (broad SMARTS) is 1. The van der Waals surface area contributed by atoms with Gasteiger partial charge in [0.2, 0.25) is 5.91 Å². The fraction of sp³-hybridized carbons (Fsp3) is 0.100. The molecule has 0 aromatic heterocycles. The molecule has 0 saturated heterocycles. The van der Waals surface area contributed by atoms with Crippen LogP contribution in [0.2, 0.25) is 0 Å². The van der Waals surface area contributed by atoms with E-state index in [-0.39, 0.29) is 10.5 Å². The van der Waals surface area contributed by atoms with Crippen LogP contribution in [-0.4, -0.2) is 33.0 Å². The van der Waals surface area contributed by atoms with Gasteiger partial charge >= 0.3 is 12.0 Å². The Balaban J connectivity index is 2.78. The first-order valence-electron chi connectivity index (χ1n) is 4.71. The average Bonchev–Trinajstić information content (AvgIpc) is 2.27. The molecule has 0 fully saturated rings. The fourth-order valence-electron chi connectivity index (χ4n) is 1.15. The monoisotopic (exact) mass is 270 g/mol. The molecule has 1 atom stereocenters. The van der Waals surface area contributed by atoms with Crippen LogP contribution in [0.25, 0.3) is 0 Å². The minimum absolute atomic E-state index is 0.0313. The minimum Gasteiger partial charge on any atom is -0.478 e. The highest BCUT2D eigenvalue weighted by Gasteiger charge is 2.13. The van der Waals surface area contributed by atoms with Gasteiger partial charge in [-0.05, 0) is 18.2 Å². The van der Waals surface area contributed by atoms with E-state index < -0.39 is 34.5 Å². The lowest BCUT2D eigenvalue weighted by atomic mass is 10.2. The first-order chi connectivity index (χ1) is 8.40. The predicted molar refractivity (Wildman–Crippen MR) is 62.4 cm³/mol. The summed E-state index contributed by atoms with van der Waals surface area (Å²) < 4.78 is 11.7. The fourth-order valence-corrected chi connectivity index (χ4v) is 2.11. The molecule has 7 nitrogen and oxygen atoms in total. The average molecular weight is 270 g/mol. The van der Waals surface area contributed by atoms with Crippen LogP contribution in [0.15, 0.2) is 29.2 Å². The molecule has 0 heterocycles. The Labute approximate surface area is 104 Å². The zero-order valence-corrected chi connectivity index (χ0v) is 9.90. The molecule has 3 amide bonds. The number of imide groups is 1. The Bertz CT molecular complexity index is 529. The summed E-state index contributed by atoms with van der Waals surface area (Å²) >= 11 is 0. The lowest BCUT2D eigenvalue weighted by Crippen LogP contribution is -2.37. The van der Waals surface area contributed by atoms with Gasteiger partial charge in [0.25, 0.3) is 0 Å². The van der Waals surface area contributed by atoms with E-state index in [2.05, 4.69) is 0 Å². The van der Waals surface area contributed by atoms with Crippen molar-refractivity contribution in [2.24, 2.45) is 5.73 Å². The topological polar surface area (TPSA) is 127 Å².